The Morgan fingerprint density at radius 1 is 1.35 bits per heavy atom. The molecule has 3 rings (SSSR count). The molecule has 2 aliphatic rings. The average Bonchev–Trinajstić information content (AvgIpc) is 3.03. The van der Waals surface area contributed by atoms with Gasteiger partial charge in [0, 0.05) is 12.6 Å². The summed E-state index contributed by atoms with van der Waals surface area (Å²) in [5, 5.41) is 3.22. The molecule has 17 heavy (non-hydrogen) atoms. The SMILES string of the molecule is Nc1cccc2c1S(=O)(=O)C(CNC1CC1)=C2. The van der Waals surface area contributed by atoms with E-state index in [2.05, 4.69) is 5.32 Å². The van der Waals surface area contributed by atoms with Gasteiger partial charge < -0.3 is 11.1 Å². The van der Waals surface area contributed by atoms with Crippen LogP contribution < -0.4 is 11.1 Å². The first-order valence-electron chi connectivity index (χ1n) is 5.66. The minimum absolute atomic E-state index is 0.271. The van der Waals surface area contributed by atoms with Crippen molar-refractivity contribution in [2.75, 3.05) is 12.3 Å². The highest BCUT2D eigenvalue weighted by atomic mass is 32.2. The molecule has 1 heterocycles. The third-order valence-electron chi connectivity index (χ3n) is 3.15. The zero-order valence-electron chi connectivity index (χ0n) is 9.31. The van der Waals surface area contributed by atoms with Gasteiger partial charge in [-0.25, -0.2) is 8.42 Å². The van der Waals surface area contributed by atoms with Gasteiger partial charge in [-0.05, 0) is 30.5 Å². The summed E-state index contributed by atoms with van der Waals surface area (Å²) in [4.78, 5) is 0.699. The summed E-state index contributed by atoms with van der Waals surface area (Å²) in [7, 11) is -3.37. The number of benzene rings is 1. The molecule has 1 aromatic rings. The Labute approximate surface area is 100 Å². The first-order chi connectivity index (χ1) is 8.09. The number of anilines is 1. The van der Waals surface area contributed by atoms with Gasteiger partial charge in [-0.1, -0.05) is 12.1 Å². The quantitative estimate of drug-likeness (QED) is 0.789. The lowest BCUT2D eigenvalue weighted by Crippen LogP contribution is -2.21. The third-order valence-corrected chi connectivity index (χ3v) is 5.11. The number of nitrogen functional groups attached to an aromatic ring is 1. The Morgan fingerprint density at radius 2 is 2.12 bits per heavy atom. The van der Waals surface area contributed by atoms with Gasteiger partial charge in [-0.3, -0.25) is 0 Å². The number of sulfone groups is 1. The smallest absolute Gasteiger partial charge is 0.206 e. The second kappa shape index (κ2) is 3.58. The van der Waals surface area contributed by atoms with E-state index in [4.69, 9.17) is 5.73 Å². The Bertz CT molecular complexity index is 601. The minimum atomic E-state index is -3.37. The van der Waals surface area contributed by atoms with Crippen LogP contribution >= 0.6 is 0 Å². The Kier molecular flexibility index (Phi) is 2.27. The van der Waals surface area contributed by atoms with E-state index in [1.165, 1.54) is 0 Å². The average molecular weight is 250 g/mol. The van der Waals surface area contributed by atoms with E-state index in [0.717, 1.165) is 12.8 Å². The molecule has 0 bridgehead atoms. The van der Waals surface area contributed by atoms with E-state index in [1.54, 1.807) is 24.3 Å². The van der Waals surface area contributed by atoms with E-state index in [1.807, 2.05) is 0 Å². The van der Waals surface area contributed by atoms with Crippen LogP contribution in [-0.4, -0.2) is 21.0 Å². The first-order valence-corrected chi connectivity index (χ1v) is 7.15. The fourth-order valence-corrected chi connectivity index (χ4v) is 3.69. The minimum Gasteiger partial charge on any atom is -0.398 e. The summed E-state index contributed by atoms with van der Waals surface area (Å²) < 4.78 is 24.5. The van der Waals surface area contributed by atoms with E-state index < -0.39 is 9.84 Å². The normalized spacial score (nSPS) is 21.1. The maximum absolute atomic E-state index is 12.2. The zero-order valence-corrected chi connectivity index (χ0v) is 10.1. The number of nitrogens with one attached hydrogen (secondary N) is 1. The monoisotopic (exact) mass is 250 g/mol. The summed E-state index contributed by atoms with van der Waals surface area (Å²) in [5.41, 5.74) is 6.78. The largest absolute Gasteiger partial charge is 0.398 e. The predicted octanol–water partition coefficient (Wildman–Crippen LogP) is 1.15. The number of rotatable bonds is 3. The van der Waals surface area contributed by atoms with Crippen molar-refractivity contribution in [2.24, 2.45) is 0 Å². The maximum Gasteiger partial charge on any atom is 0.206 e. The molecule has 0 atom stereocenters. The molecule has 0 radical (unpaired) electrons. The van der Waals surface area contributed by atoms with Crippen LogP contribution in [0.5, 0.6) is 0 Å². The van der Waals surface area contributed by atoms with Crippen molar-refractivity contribution in [3.05, 3.63) is 28.7 Å². The molecular formula is C12H14N2O2S. The number of hydrogen-bond donors (Lipinski definition) is 2. The molecular weight excluding hydrogens is 236 g/mol. The lowest BCUT2D eigenvalue weighted by Gasteiger charge is -2.06. The zero-order chi connectivity index (χ0) is 12.0. The van der Waals surface area contributed by atoms with Crippen LogP contribution in [0.15, 0.2) is 28.0 Å². The topological polar surface area (TPSA) is 72.2 Å². The van der Waals surface area contributed by atoms with Crippen LogP contribution in [0.25, 0.3) is 6.08 Å². The summed E-state index contributed by atoms with van der Waals surface area (Å²) >= 11 is 0. The fraction of sp³-hybridized carbons (Fsp3) is 0.333. The summed E-state index contributed by atoms with van der Waals surface area (Å²) in [5.74, 6) is 0. The summed E-state index contributed by atoms with van der Waals surface area (Å²) in [6, 6.07) is 5.68. The second-order valence-corrected chi connectivity index (χ2v) is 6.47. The number of nitrogens with two attached hydrogens (primary N) is 1. The molecule has 0 spiro atoms. The van der Waals surface area contributed by atoms with E-state index >= 15 is 0 Å². The third kappa shape index (κ3) is 1.75. The second-order valence-electron chi connectivity index (χ2n) is 4.53. The fourth-order valence-electron chi connectivity index (χ4n) is 2.06. The molecule has 90 valence electrons. The Hall–Kier alpha value is -1.33. The molecule has 1 aliphatic heterocycles. The van der Waals surface area contributed by atoms with E-state index in [-0.39, 0.29) is 4.90 Å². The van der Waals surface area contributed by atoms with Crippen molar-refractivity contribution in [1.82, 2.24) is 5.32 Å². The summed E-state index contributed by atoms with van der Waals surface area (Å²) in [6.07, 6.45) is 4.00. The van der Waals surface area contributed by atoms with Gasteiger partial charge in [0.2, 0.25) is 9.84 Å². The molecule has 1 aliphatic carbocycles. The Balaban J connectivity index is 1.96. The van der Waals surface area contributed by atoms with Crippen LogP contribution in [0.4, 0.5) is 5.69 Å². The van der Waals surface area contributed by atoms with Crippen LogP contribution in [-0.2, 0) is 9.84 Å². The molecule has 1 fully saturated rings. The maximum atomic E-state index is 12.2. The molecule has 5 heteroatoms. The van der Waals surface area contributed by atoms with Gasteiger partial charge in [0.15, 0.2) is 0 Å². The van der Waals surface area contributed by atoms with E-state index in [9.17, 15) is 8.42 Å². The lowest BCUT2D eigenvalue weighted by atomic mass is 10.2. The van der Waals surface area contributed by atoms with Crippen LogP contribution in [0, 0.1) is 0 Å². The highest BCUT2D eigenvalue weighted by molar-refractivity contribution is 7.96. The molecule has 0 aromatic heterocycles. The highest BCUT2D eigenvalue weighted by Crippen LogP contribution is 2.36. The standard InChI is InChI=1S/C12H14N2O2S/c13-11-3-1-2-8-6-10(7-14-9-4-5-9)17(15,16)12(8)11/h1-3,6,9,14H,4-5,7,13H2. The molecule has 0 saturated heterocycles. The lowest BCUT2D eigenvalue weighted by molar-refractivity contribution is 0.600. The molecule has 1 aromatic carbocycles. The van der Waals surface area contributed by atoms with Crippen molar-refractivity contribution in [3.63, 3.8) is 0 Å². The van der Waals surface area contributed by atoms with Crippen molar-refractivity contribution in [3.8, 4) is 0 Å². The Morgan fingerprint density at radius 3 is 2.76 bits per heavy atom. The summed E-state index contributed by atoms with van der Waals surface area (Å²) in [6.45, 7) is 0.404. The van der Waals surface area contributed by atoms with Gasteiger partial charge >= 0.3 is 0 Å². The van der Waals surface area contributed by atoms with E-state index in [0.29, 0.717) is 28.7 Å². The van der Waals surface area contributed by atoms with Crippen LogP contribution in [0.2, 0.25) is 0 Å². The van der Waals surface area contributed by atoms with Crippen molar-refractivity contribution in [1.29, 1.82) is 0 Å². The number of hydrogen-bond acceptors (Lipinski definition) is 4. The molecule has 0 unspecified atom stereocenters. The van der Waals surface area contributed by atoms with Gasteiger partial charge in [-0.15, -0.1) is 0 Å². The number of fused-ring (bicyclic) bond motifs is 1. The van der Waals surface area contributed by atoms with Gasteiger partial charge in [-0.2, -0.15) is 0 Å². The van der Waals surface area contributed by atoms with Crippen LogP contribution in [0.3, 0.4) is 0 Å². The van der Waals surface area contributed by atoms with Crippen molar-refractivity contribution < 1.29 is 8.42 Å². The molecule has 0 amide bonds. The molecule has 3 N–H and O–H groups in total. The first kappa shape index (κ1) is 10.8. The molecule has 4 nitrogen and oxygen atoms in total. The van der Waals surface area contributed by atoms with Crippen molar-refractivity contribution >= 4 is 21.6 Å². The predicted molar refractivity (Wildman–Crippen MR) is 67.0 cm³/mol. The van der Waals surface area contributed by atoms with Crippen molar-refractivity contribution in [2.45, 2.75) is 23.8 Å². The van der Waals surface area contributed by atoms with Crippen LogP contribution in [0.1, 0.15) is 18.4 Å². The molecule has 1 saturated carbocycles. The van der Waals surface area contributed by atoms with Gasteiger partial charge in [0.1, 0.15) is 4.90 Å². The highest BCUT2D eigenvalue weighted by Gasteiger charge is 2.32. The van der Waals surface area contributed by atoms with Gasteiger partial charge in [0.05, 0.1) is 10.6 Å². The van der Waals surface area contributed by atoms with Gasteiger partial charge in [0.25, 0.3) is 0 Å².